The number of para-hydroxylation sites is 2. The predicted octanol–water partition coefficient (Wildman–Crippen LogP) is 17.5. The lowest BCUT2D eigenvalue weighted by molar-refractivity contribution is 0.668. The fourth-order valence-corrected chi connectivity index (χ4v) is 12.4. The number of aromatic nitrogens is 4. The Morgan fingerprint density at radius 1 is 0.329 bits per heavy atom. The van der Waals surface area contributed by atoms with Crippen LogP contribution in [0.15, 0.2) is 215 Å². The summed E-state index contributed by atoms with van der Waals surface area (Å²) >= 11 is 1.77. The lowest BCUT2D eigenvalue weighted by Gasteiger charge is -2.12. The van der Waals surface area contributed by atoms with Crippen molar-refractivity contribution in [3.05, 3.63) is 206 Å². The first-order chi connectivity index (χ1) is 34.7. The quantitative estimate of drug-likeness (QED) is 0.161. The Kier molecular flexibility index (Phi) is 7.67. The summed E-state index contributed by atoms with van der Waals surface area (Å²) in [6, 6.07) is 73.2. The lowest BCUT2D eigenvalue weighted by atomic mass is 9.94. The SMILES string of the molecule is c1ccc2c(c1)oc1cc(-c3nc(-c4ccc(-c5ccc6c(c5)c5ccccc5n6-c5cc6oc7cccc8c9ccccc9c(c5)c6c78)cc4)nc(-c4cccc5c4sc4ccccc45)n3)ccc12. The van der Waals surface area contributed by atoms with E-state index in [1.165, 1.54) is 58.6 Å². The van der Waals surface area contributed by atoms with Gasteiger partial charge in [0.15, 0.2) is 17.5 Å². The number of nitrogens with zero attached hydrogens (tertiary/aromatic N) is 4. The van der Waals surface area contributed by atoms with Crippen LogP contribution < -0.4 is 0 Å². The Labute approximate surface area is 402 Å². The fourth-order valence-electron chi connectivity index (χ4n) is 11.2. The second-order valence-corrected chi connectivity index (χ2v) is 19.3. The first-order valence-electron chi connectivity index (χ1n) is 23.5. The molecule has 0 fully saturated rings. The van der Waals surface area contributed by atoms with Crippen LogP contribution in [0.5, 0.6) is 0 Å². The van der Waals surface area contributed by atoms with Gasteiger partial charge in [-0.3, -0.25) is 0 Å². The molecule has 0 atom stereocenters. The van der Waals surface area contributed by atoms with E-state index in [9.17, 15) is 0 Å². The van der Waals surface area contributed by atoms with Gasteiger partial charge in [0.25, 0.3) is 0 Å². The van der Waals surface area contributed by atoms with Gasteiger partial charge in [-0.2, -0.15) is 0 Å². The maximum absolute atomic E-state index is 6.65. The minimum absolute atomic E-state index is 0.587. The van der Waals surface area contributed by atoms with Crippen molar-refractivity contribution < 1.29 is 8.83 Å². The zero-order valence-corrected chi connectivity index (χ0v) is 38.0. The Morgan fingerprint density at radius 3 is 1.81 bits per heavy atom. The summed E-state index contributed by atoms with van der Waals surface area (Å²) in [5.41, 5.74) is 11.8. The number of fused-ring (bicyclic) bond motifs is 12. The van der Waals surface area contributed by atoms with Crippen LogP contribution in [0.2, 0.25) is 0 Å². The van der Waals surface area contributed by atoms with Crippen LogP contribution in [-0.4, -0.2) is 19.5 Å². The van der Waals surface area contributed by atoms with Gasteiger partial charge in [-0.25, -0.2) is 15.0 Å². The van der Waals surface area contributed by atoms with Crippen LogP contribution >= 0.6 is 11.3 Å². The lowest BCUT2D eigenvalue weighted by Crippen LogP contribution is -2.00. The number of benzene rings is 11. The third-order valence-electron chi connectivity index (χ3n) is 14.4. The highest BCUT2D eigenvalue weighted by Crippen LogP contribution is 2.45. The summed E-state index contributed by atoms with van der Waals surface area (Å²) in [6.07, 6.45) is 0. The molecule has 0 unspecified atom stereocenters. The van der Waals surface area contributed by atoms with E-state index in [1.54, 1.807) is 11.3 Å². The summed E-state index contributed by atoms with van der Waals surface area (Å²) in [7, 11) is 0. The normalized spacial score (nSPS) is 12.3. The van der Waals surface area contributed by atoms with Crippen molar-refractivity contribution in [1.82, 2.24) is 19.5 Å². The first kappa shape index (κ1) is 37.9. The molecule has 0 aliphatic carbocycles. The van der Waals surface area contributed by atoms with E-state index in [0.29, 0.717) is 17.5 Å². The van der Waals surface area contributed by atoms with E-state index >= 15 is 0 Å². The largest absolute Gasteiger partial charge is 0.456 e. The highest BCUT2D eigenvalue weighted by Gasteiger charge is 2.22. The molecule has 324 valence electrons. The molecule has 0 bridgehead atoms. The predicted molar refractivity (Wildman–Crippen MR) is 290 cm³/mol. The molecule has 6 nitrogen and oxygen atoms in total. The van der Waals surface area contributed by atoms with Crippen molar-refractivity contribution in [3.63, 3.8) is 0 Å². The fraction of sp³-hybridized carbons (Fsp3) is 0. The molecule has 11 aromatic carbocycles. The maximum atomic E-state index is 6.65. The summed E-state index contributed by atoms with van der Waals surface area (Å²) in [4.78, 5) is 15.6. The van der Waals surface area contributed by atoms with Gasteiger partial charge in [0.2, 0.25) is 0 Å². The molecule has 16 rings (SSSR count). The zero-order valence-electron chi connectivity index (χ0n) is 37.1. The molecule has 0 spiro atoms. The number of furan rings is 2. The van der Waals surface area contributed by atoms with Gasteiger partial charge in [0.05, 0.1) is 16.7 Å². The molecule has 0 amide bonds. The van der Waals surface area contributed by atoms with E-state index in [-0.39, 0.29) is 0 Å². The van der Waals surface area contributed by atoms with Crippen LogP contribution in [0.1, 0.15) is 0 Å². The molecule has 5 heterocycles. The molecule has 70 heavy (non-hydrogen) atoms. The van der Waals surface area contributed by atoms with Crippen LogP contribution in [0, 0.1) is 0 Å². The van der Waals surface area contributed by atoms with Crippen LogP contribution in [-0.2, 0) is 0 Å². The summed E-state index contributed by atoms with van der Waals surface area (Å²) in [5, 5.41) is 14.2. The summed E-state index contributed by atoms with van der Waals surface area (Å²) < 4.78 is 17.8. The highest BCUT2D eigenvalue weighted by molar-refractivity contribution is 7.26. The molecular formula is C63H34N4O2S. The van der Waals surface area contributed by atoms with Crippen LogP contribution in [0.25, 0.3) is 158 Å². The molecule has 0 aliphatic rings. The maximum Gasteiger partial charge on any atom is 0.165 e. The van der Waals surface area contributed by atoms with E-state index in [1.807, 2.05) is 18.2 Å². The molecule has 5 aromatic heterocycles. The van der Waals surface area contributed by atoms with Crippen LogP contribution in [0.4, 0.5) is 0 Å². The smallest absolute Gasteiger partial charge is 0.165 e. The third-order valence-corrected chi connectivity index (χ3v) is 15.6. The number of rotatable bonds is 5. The summed E-state index contributed by atoms with van der Waals surface area (Å²) in [6.45, 7) is 0. The Balaban J connectivity index is 0.827. The van der Waals surface area contributed by atoms with Gasteiger partial charge in [0, 0.05) is 75.2 Å². The zero-order chi connectivity index (χ0) is 45.6. The van der Waals surface area contributed by atoms with Crippen molar-refractivity contribution in [2.75, 3.05) is 0 Å². The van der Waals surface area contributed by atoms with Gasteiger partial charge < -0.3 is 13.4 Å². The third kappa shape index (κ3) is 5.40. The van der Waals surface area contributed by atoms with E-state index < -0.39 is 0 Å². The number of hydrogen-bond acceptors (Lipinski definition) is 6. The van der Waals surface area contributed by atoms with Crippen molar-refractivity contribution in [2.45, 2.75) is 0 Å². The minimum atomic E-state index is 0.587. The molecule has 0 aliphatic heterocycles. The highest BCUT2D eigenvalue weighted by atomic mass is 32.1. The average molecular weight is 911 g/mol. The monoisotopic (exact) mass is 910 g/mol. The first-order valence-corrected chi connectivity index (χ1v) is 24.3. The average Bonchev–Trinajstić information content (AvgIpc) is 4.19. The molecule has 16 aromatic rings. The number of thiophene rings is 1. The molecule has 0 radical (unpaired) electrons. The Bertz CT molecular complexity index is 4840. The second kappa shape index (κ2) is 14.2. The van der Waals surface area contributed by atoms with E-state index in [4.69, 9.17) is 23.8 Å². The molecule has 0 saturated heterocycles. The van der Waals surface area contributed by atoms with E-state index in [2.05, 4.69) is 193 Å². The van der Waals surface area contributed by atoms with Crippen molar-refractivity contribution in [2.24, 2.45) is 0 Å². The van der Waals surface area contributed by atoms with Crippen LogP contribution in [0.3, 0.4) is 0 Å². The van der Waals surface area contributed by atoms with Gasteiger partial charge in [0.1, 0.15) is 22.3 Å². The Morgan fingerprint density at radius 2 is 0.929 bits per heavy atom. The summed E-state index contributed by atoms with van der Waals surface area (Å²) in [5.74, 6) is 1.82. The van der Waals surface area contributed by atoms with Gasteiger partial charge in [-0.1, -0.05) is 140 Å². The molecule has 7 heteroatoms. The molecule has 0 N–H and O–H groups in total. The number of hydrogen-bond donors (Lipinski definition) is 0. The van der Waals surface area contributed by atoms with Crippen molar-refractivity contribution >= 4 is 119 Å². The molecular weight excluding hydrogens is 877 g/mol. The van der Waals surface area contributed by atoms with Crippen molar-refractivity contribution in [1.29, 1.82) is 0 Å². The van der Waals surface area contributed by atoms with Gasteiger partial charge in [-0.15, -0.1) is 11.3 Å². The van der Waals surface area contributed by atoms with Gasteiger partial charge in [-0.05, 0) is 93.3 Å². The topological polar surface area (TPSA) is 69.9 Å². The van der Waals surface area contributed by atoms with E-state index in [0.717, 1.165) is 82.3 Å². The van der Waals surface area contributed by atoms with Gasteiger partial charge >= 0.3 is 0 Å². The molecule has 0 saturated carbocycles. The van der Waals surface area contributed by atoms with Crippen molar-refractivity contribution in [3.8, 4) is 51.0 Å². The Hall–Kier alpha value is -9.17. The second-order valence-electron chi connectivity index (χ2n) is 18.3. The minimum Gasteiger partial charge on any atom is -0.456 e. The standard InChI is InChI=1S/C63H34N4O2S/c1-2-12-41-40(11-1)46-16-10-21-54-58(46)59-50(41)33-39(34-56(59)69-54)67-51-19-6-3-13-42(51)49-31-37(28-30-52(49)67)35-23-25-36(26-24-35)61-64-62(38-27-29-44-43-14-4-7-20-53(43)68-55(44)32-38)66-63(65-61)48-18-9-17-47-45-15-5-8-22-57(45)70-60(47)48/h1-34H.